The zero-order valence-electron chi connectivity index (χ0n) is 20.2. The number of amides is 1. The highest BCUT2D eigenvalue weighted by atomic mass is 16.3. The second-order valence-corrected chi connectivity index (χ2v) is 10.1. The van der Waals surface area contributed by atoms with Gasteiger partial charge in [0.25, 0.3) is 5.91 Å². The van der Waals surface area contributed by atoms with Gasteiger partial charge in [0.2, 0.25) is 0 Å². The van der Waals surface area contributed by atoms with Crippen molar-refractivity contribution in [1.29, 1.82) is 0 Å². The normalized spacial score (nSPS) is 23.3. The van der Waals surface area contributed by atoms with Crippen LogP contribution in [0, 0.1) is 0 Å². The first-order valence-corrected chi connectivity index (χ1v) is 13.0. The van der Waals surface area contributed by atoms with E-state index in [0.717, 1.165) is 57.7 Å². The van der Waals surface area contributed by atoms with Gasteiger partial charge in [-0.05, 0) is 55.5 Å². The predicted octanol–water partition coefficient (Wildman–Crippen LogP) is 3.07. The van der Waals surface area contributed by atoms with Crippen LogP contribution in [0.15, 0.2) is 54.6 Å². The number of aliphatic hydroxyl groups is 1. The quantitative estimate of drug-likeness (QED) is 0.740. The lowest BCUT2D eigenvalue weighted by atomic mass is 10.0. The van der Waals surface area contributed by atoms with Crippen molar-refractivity contribution in [2.45, 2.75) is 44.4 Å². The minimum absolute atomic E-state index is 0.0374. The predicted molar refractivity (Wildman–Crippen MR) is 136 cm³/mol. The summed E-state index contributed by atoms with van der Waals surface area (Å²) in [5, 5.41) is 9.87. The summed E-state index contributed by atoms with van der Waals surface area (Å²) >= 11 is 0. The van der Waals surface area contributed by atoms with Crippen molar-refractivity contribution in [3.05, 3.63) is 65.7 Å². The third-order valence-corrected chi connectivity index (χ3v) is 7.80. The molecule has 3 heterocycles. The van der Waals surface area contributed by atoms with Gasteiger partial charge in [0.15, 0.2) is 0 Å². The Balaban J connectivity index is 1.08. The fraction of sp³-hybridized carbons (Fsp3) is 0.536. The van der Waals surface area contributed by atoms with Gasteiger partial charge in [0, 0.05) is 76.2 Å². The smallest absolute Gasteiger partial charge is 0.253 e. The van der Waals surface area contributed by atoms with Gasteiger partial charge in [0.05, 0.1) is 6.10 Å². The summed E-state index contributed by atoms with van der Waals surface area (Å²) in [6, 6.07) is 19.6. The molecular formula is C28H38N4O2. The number of likely N-dealkylation sites (tertiary alicyclic amines) is 1. The summed E-state index contributed by atoms with van der Waals surface area (Å²) in [4.78, 5) is 22.3. The molecule has 3 aliphatic heterocycles. The van der Waals surface area contributed by atoms with E-state index in [0.29, 0.717) is 12.6 Å². The number of β-amino-alcohol motifs (C(OH)–C–C–N with tert-alkyl or cyclic N) is 1. The van der Waals surface area contributed by atoms with E-state index < -0.39 is 0 Å². The van der Waals surface area contributed by atoms with Crippen LogP contribution in [-0.2, 0) is 6.54 Å². The van der Waals surface area contributed by atoms with Gasteiger partial charge in [-0.1, -0.05) is 30.3 Å². The van der Waals surface area contributed by atoms with Crippen molar-refractivity contribution in [2.24, 2.45) is 0 Å². The van der Waals surface area contributed by atoms with Crippen LogP contribution >= 0.6 is 0 Å². The molecule has 6 heteroatoms. The topological polar surface area (TPSA) is 50.3 Å². The fourth-order valence-corrected chi connectivity index (χ4v) is 5.75. The maximum Gasteiger partial charge on any atom is 0.253 e. The summed E-state index contributed by atoms with van der Waals surface area (Å²) in [6.45, 7) is 9.03. The van der Waals surface area contributed by atoms with E-state index >= 15 is 0 Å². The van der Waals surface area contributed by atoms with Gasteiger partial charge < -0.3 is 14.9 Å². The van der Waals surface area contributed by atoms with E-state index in [1.54, 1.807) is 4.90 Å². The van der Waals surface area contributed by atoms with Gasteiger partial charge >= 0.3 is 0 Å². The average Bonchev–Trinajstić information content (AvgIpc) is 2.90. The third-order valence-electron chi connectivity index (χ3n) is 7.80. The lowest BCUT2D eigenvalue weighted by Gasteiger charge is -2.43. The van der Waals surface area contributed by atoms with Crippen LogP contribution in [0.5, 0.6) is 0 Å². The molecule has 1 amide bonds. The highest BCUT2D eigenvalue weighted by Gasteiger charge is 2.28. The largest absolute Gasteiger partial charge is 0.391 e. The van der Waals surface area contributed by atoms with E-state index in [1.807, 2.05) is 12.1 Å². The molecule has 0 spiro atoms. The summed E-state index contributed by atoms with van der Waals surface area (Å²) in [7, 11) is 0. The van der Waals surface area contributed by atoms with Crippen LogP contribution in [0.1, 0.15) is 41.6 Å². The SMILES string of the molecule is O=C(c1ccc(N2CCC(N3CCN(Cc4ccccc4)CC3)CC2)cc1)N1CCC[C@@H](O)C1. The number of aliphatic hydroxyl groups excluding tert-OH is 1. The van der Waals surface area contributed by atoms with E-state index in [2.05, 4.69) is 57.2 Å². The summed E-state index contributed by atoms with van der Waals surface area (Å²) in [5.41, 5.74) is 3.34. The van der Waals surface area contributed by atoms with Crippen molar-refractivity contribution >= 4 is 11.6 Å². The van der Waals surface area contributed by atoms with Crippen LogP contribution in [0.2, 0.25) is 0 Å². The Morgan fingerprint density at radius 2 is 1.53 bits per heavy atom. The molecule has 0 unspecified atom stereocenters. The van der Waals surface area contributed by atoms with Gasteiger partial charge in [-0.25, -0.2) is 0 Å². The molecule has 34 heavy (non-hydrogen) atoms. The molecule has 5 rings (SSSR count). The second kappa shape index (κ2) is 10.9. The number of nitrogens with zero attached hydrogens (tertiary/aromatic N) is 4. The van der Waals surface area contributed by atoms with Gasteiger partial charge in [-0.15, -0.1) is 0 Å². The van der Waals surface area contributed by atoms with Gasteiger partial charge in [-0.3, -0.25) is 14.6 Å². The number of hydrogen-bond donors (Lipinski definition) is 1. The molecule has 3 saturated heterocycles. The van der Waals surface area contributed by atoms with Crippen LogP contribution in [-0.4, -0.2) is 90.2 Å². The molecule has 0 bridgehead atoms. The molecule has 0 saturated carbocycles. The Labute approximate surface area is 203 Å². The molecule has 6 nitrogen and oxygen atoms in total. The lowest BCUT2D eigenvalue weighted by Crippen LogP contribution is -2.53. The van der Waals surface area contributed by atoms with Crippen molar-refractivity contribution in [3.8, 4) is 0 Å². The third kappa shape index (κ3) is 5.62. The summed E-state index contributed by atoms with van der Waals surface area (Å²) < 4.78 is 0. The number of rotatable bonds is 5. The van der Waals surface area contributed by atoms with Crippen LogP contribution in [0.3, 0.4) is 0 Å². The minimum Gasteiger partial charge on any atom is -0.391 e. The first kappa shape index (κ1) is 23.3. The van der Waals surface area contributed by atoms with Crippen LogP contribution in [0.25, 0.3) is 0 Å². The Morgan fingerprint density at radius 1 is 0.824 bits per heavy atom. The van der Waals surface area contributed by atoms with Crippen molar-refractivity contribution in [1.82, 2.24) is 14.7 Å². The Bertz CT molecular complexity index is 919. The Morgan fingerprint density at radius 3 is 2.21 bits per heavy atom. The number of piperidine rings is 2. The Hall–Kier alpha value is -2.41. The maximum atomic E-state index is 12.8. The molecule has 182 valence electrons. The molecule has 0 radical (unpaired) electrons. The second-order valence-electron chi connectivity index (χ2n) is 10.1. The number of piperazine rings is 1. The zero-order valence-corrected chi connectivity index (χ0v) is 20.2. The Kier molecular flexibility index (Phi) is 7.48. The van der Waals surface area contributed by atoms with E-state index in [4.69, 9.17) is 0 Å². The molecule has 2 aromatic rings. The molecule has 2 aromatic carbocycles. The maximum absolute atomic E-state index is 12.8. The highest BCUT2D eigenvalue weighted by Crippen LogP contribution is 2.25. The molecule has 3 fully saturated rings. The lowest BCUT2D eigenvalue weighted by molar-refractivity contribution is 0.0474. The highest BCUT2D eigenvalue weighted by molar-refractivity contribution is 5.94. The van der Waals surface area contributed by atoms with Gasteiger partial charge in [0.1, 0.15) is 0 Å². The number of anilines is 1. The summed E-state index contributed by atoms with van der Waals surface area (Å²) in [5.74, 6) is 0.0374. The summed E-state index contributed by atoms with van der Waals surface area (Å²) in [6.07, 6.45) is 3.69. The molecule has 0 aliphatic carbocycles. The number of carbonyl (C=O) groups is 1. The average molecular weight is 463 g/mol. The zero-order chi connectivity index (χ0) is 23.3. The molecule has 0 aromatic heterocycles. The molecule has 1 N–H and O–H groups in total. The van der Waals surface area contributed by atoms with Crippen LogP contribution < -0.4 is 4.90 Å². The molecular weight excluding hydrogens is 424 g/mol. The van der Waals surface area contributed by atoms with E-state index in [9.17, 15) is 9.90 Å². The first-order valence-electron chi connectivity index (χ1n) is 13.0. The van der Waals surface area contributed by atoms with E-state index in [1.165, 1.54) is 37.2 Å². The number of carbonyl (C=O) groups excluding carboxylic acids is 1. The van der Waals surface area contributed by atoms with E-state index in [-0.39, 0.29) is 12.0 Å². The monoisotopic (exact) mass is 462 g/mol. The van der Waals surface area contributed by atoms with Gasteiger partial charge in [-0.2, -0.15) is 0 Å². The van der Waals surface area contributed by atoms with Crippen LogP contribution in [0.4, 0.5) is 5.69 Å². The molecule has 1 atom stereocenters. The molecule has 3 aliphatic rings. The van der Waals surface area contributed by atoms with Crippen molar-refractivity contribution in [2.75, 3.05) is 57.3 Å². The standard InChI is InChI=1S/C28H38N4O2/c33-27-7-4-14-32(22-27)28(34)24-8-10-25(11-9-24)30-15-12-26(13-16-30)31-19-17-29(18-20-31)21-23-5-2-1-3-6-23/h1-3,5-6,8-11,26-27,33H,4,7,12-22H2/t27-/m1/s1. The fourth-order valence-electron chi connectivity index (χ4n) is 5.75. The number of hydrogen-bond acceptors (Lipinski definition) is 5. The minimum atomic E-state index is -0.384. The number of benzene rings is 2. The first-order chi connectivity index (χ1) is 16.7. The van der Waals surface area contributed by atoms with Crippen molar-refractivity contribution in [3.63, 3.8) is 0 Å². The van der Waals surface area contributed by atoms with Crippen molar-refractivity contribution < 1.29 is 9.90 Å².